The highest BCUT2D eigenvalue weighted by molar-refractivity contribution is 7.78. The third kappa shape index (κ3) is 8.42. The second kappa shape index (κ2) is 18.6. The van der Waals surface area contributed by atoms with Crippen LogP contribution in [0.4, 0.5) is 0 Å². The standard InChI is InChI=1S/C62H41P3/c1-7-19-49(20-8-1)63(50-21-9-2-10-22-50)40-37-46-31-34-55-58(43-46)62-59-44-47(38-41-64(51-23-11-3-12-24-51)52-25-13-4-14-26-52)32-35-56(59)61(55)57-36-33-48(45-60(57)62)39-42-65(53-27-15-5-16-28-53)54-29-17-6-18-30-54/h1-36,43-45,61-62H. The van der Waals surface area contributed by atoms with Crippen molar-refractivity contribution in [2.24, 2.45) is 0 Å². The van der Waals surface area contributed by atoms with E-state index in [1.54, 1.807) is 0 Å². The van der Waals surface area contributed by atoms with Crippen molar-refractivity contribution in [1.82, 2.24) is 0 Å². The molecule has 0 heterocycles. The van der Waals surface area contributed by atoms with E-state index >= 15 is 0 Å². The highest BCUT2D eigenvalue weighted by Crippen LogP contribution is 2.56. The Hall–Kier alpha value is -7.05. The Balaban J connectivity index is 1.02. The molecule has 0 radical (unpaired) electrons. The molecular weight excluding hydrogens is 838 g/mol. The molecule has 3 aliphatic rings. The lowest BCUT2D eigenvalue weighted by Crippen LogP contribution is -2.28. The second-order valence-electron chi connectivity index (χ2n) is 16.1. The number of rotatable bonds is 6. The van der Waals surface area contributed by atoms with Crippen molar-refractivity contribution in [3.63, 3.8) is 0 Å². The van der Waals surface area contributed by atoms with Gasteiger partial charge in [-0.25, -0.2) is 0 Å². The summed E-state index contributed by atoms with van der Waals surface area (Å²) in [5.74, 6) is 11.2. The molecule has 3 aliphatic carbocycles. The molecule has 65 heavy (non-hydrogen) atoms. The highest BCUT2D eigenvalue weighted by atomic mass is 31.1. The minimum Gasteiger partial charge on any atom is -0.0622 e. The molecule has 0 spiro atoms. The van der Waals surface area contributed by atoms with Crippen molar-refractivity contribution >= 4 is 55.6 Å². The lowest BCUT2D eigenvalue weighted by molar-refractivity contribution is 0.753. The van der Waals surface area contributed by atoms with Gasteiger partial charge in [-0.2, -0.15) is 0 Å². The summed E-state index contributed by atoms with van der Waals surface area (Å²) in [7, 11) is -2.58. The Kier molecular flexibility index (Phi) is 11.6. The molecule has 9 aromatic carbocycles. The molecule has 0 atom stereocenters. The predicted molar refractivity (Wildman–Crippen MR) is 279 cm³/mol. The van der Waals surface area contributed by atoms with Gasteiger partial charge in [0, 0.05) is 52.3 Å². The van der Waals surface area contributed by atoms with Gasteiger partial charge in [-0.1, -0.05) is 235 Å². The van der Waals surface area contributed by atoms with E-state index in [-0.39, 0.29) is 11.8 Å². The highest BCUT2D eigenvalue weighted by Gasteiger charge is 2.41. The molecule has 0 nitrogen and oxygen atoms in total. The van der Waals surface area contributed by atoms with Crippen molar-refractivity contribution < 1.29 is 0 Å². The quantitative estimate of drug-likeness (QED) is 0.115. The van der Waals surface area contributed by atoms with Gasteiger partial charge in [0.15, 0.2) is 0 Å². The summed E-state index contributed by atoms with van der Waals surface area (Å²) in [6, 6.07) is 85.2. The molecule has 2 bridgehead atoms. The van der Waals surface area contributed by atoms with Crippen LogP contribution in [0.25, 0.3) is 0 Å². The Labute approximate surface area is 386 Å². The Morgan fingerprint density at radius 3 is 0.677 bits per heavy atom. The van der Waals surface area contributed by atoms with Crippen molar-refractivity contribution in [1.29, 1.82) is 0 Å². The van der Waals surface area contributed by atoms with Gasteiger partial charge in [-0.15, -0.1) is 0 Å². The minimum absolute atomic E-state index is 0.0181. The molecule has 12 rings (SSSR count). The summed E-state index contributed by atoms with van der Waals surface area (Å²) in [4.78, 5) is 0. The van der Waals surface area contributed by atoms with E-state index in [9.17, 15) is 0 Å². The number of hydrogen-bond donors (Lipinski definition) is 0. The van der Waals surface area contributed by atoms with Crippen LogP contribution in [0, 0.1) is 34.7 Å². The van der Waals surface area contributed by atoms with Gasteiger partial charge in [0.05, 0.1) is 0 Å². The Morgan fingerprint density at radius 2 is 0.446 bits per heavy atom. The first-order valence-electron chi connectivity index (χ1n) is 21.9. The first-order valence-corrected chi connectivity index (χ1v) is 25.9. The monoisotopic (exact) mass is 878 g/mol. The number of benzene rings is 9. The summed E-state index contributed by atoms with van der Waals surface area (Å²) in [5.41, 5.74) is 22.5. The van der Waals surface area contributed by atoms with E-state index < -0.39 is 23.8 Å². The van der Waals surface area contributed by atoms with Crippen LogP contribution in [0.2, 0.25) is 0 Å². The smallest absolute Gasteiger partial charge is 0.0350 e. The van der Waals surface area contributed by atoms with Gasteiger partial charge in [0.25, 0.3) is 0 Å². The van der Waals surface area contributed by atoms with Gasteiger partial charge in [-0.3, -0.25) is 0 Å². The fraction of sp³-hybridized carbons (Fsp3) is 0.0323. The maximum absolute atomic E-state index is 3.77. The zero-order valence-corrected chi connectivity index (χ0v) is 38.2. The number of hydrogen-bond acceptors (Lipinski definition) is 0. The second-order valence-corrected chi connectivity index (χ2v) is 21.9. The SMILES string of the molecule is C(#CP(c1ccccc1)c1ccccc1)c1ccc2c(c1)C1c3cc(C#CP(c4ccccc4)c4ccccc4)ccc3C2c2ccc(C#CP(c3ccccc3)c3ccccc3)cc21. The molecule has 0 saturated heterocycles. The molecule has 3 heteroatoms. The van der Waals surface area contributed by atoms with Crippen LogP contribution in [0.5, 0.6) is 0 Å². The van der Waals surface area contributed by atoms with Crippen LogP contribution < -0.4 is 31.8 Å². The van der Waals surface area contributed by atoms with Gasteiger partial charge >= 0.3 is 0 Å². The van der Waals surface area contributed by atoms with E-state index in [2.05, 4.69) is 271 Å². The lowest BCUT2D eigenvalue weighted by atomic mass is 9.60. The summed E-state index contributed by atoms with van der Waals surface area (Å²) < 4.78 is 0. The molecular formula is C62H41P3. The van der Waals surface area contributed by atoms with E-state index in [0.717, 1.165) is 16.7 Å². The average molecular weight is 879 g/mol. The summed E-state index contributed by atoms with van der Waals surface area (Å²) in [5, 5.41) is 7.55. The van der Waals surface area contributed by atoms with Crippen molar-refractivity contribution in [3.05, 3.63) is 287 Å². The van der Waals surface area contributed by atoms with Crippen LogP contribution in [0.1, 0.15) is 61.9 Å². The molecule has 304 valence electrons. The molecule has 9 aromatic rings. The molecule has 0 fully saturated rings. The van der Waals surface area contributed by atoms with Crippen molar-refractivity contribution in [2.45, 2.75) is 11.8 Å². The van der Waals surface area contributed by atoms with E-state index in [4.69, 9.17) is 0 Å². The molecule has 0 saturated carbocycles. The van der Waals surface area contributed by atoms with Crippen molar-refractivity contribution in [3.8, 4) is 34.7 Å². The normalized spacial score (nSPS) is 13.9. The summed E-state index contributed by atoms with van der Waals surface area (Å²) >= 11 is 0. The van der Waals surface area contributed by atoms with E-state index in [1.165, 1.54) is 65.2 Å². The van der Waals surface area contributed by atoms with Crippen LogP contribution in [0.15, 0.2) is 237 Å². The predicted octanol–water partition coefficient (Wildman–Crippen LogP) is 12.0. The average Bonchev–Trinajstić information content (AvgIpc) is 3.38. The first kappa shape index (κ1) is 40.7. The molecule has 0 aromatic heterocycles. The zero-order valence-electron chi connectivity index (χ0n) is 35.5. The lowest BCUT2D eigenvalue weighted by Gasteiger charge is -2.42. The zero-order chi connectivity index (χ0) is 43.4. The van der Waals surface area contributed by atoms with Crippen LogP contribution in [-0.4, -0.2) is 0 Å². The third-order valence-electron chi connectivity index (χ3n) is 12.1. The van der Waals surface area contributed by atoms with Gasteiger partial charge in [0.1, 0.15) is 0 Å². The first-order chi connectivity index (χ1) is 32.2. The maximum Gasteiger partial charge on any atom is 0.0350 e. The topological polar surface area (TPSA) is 0 Å². The fourth-order valence-corrected chi connectivity index (χ4v) is 14.4. The third-order valence-corrected chi connectivity index (χ3v) is 18.0. The Morgan fingerprint density at radius 1 is 0.231 bits per heavy atom. The molecule has 0 unspecified atom stereocenters. The van der Waals surface area contributed by atoms with Gasteiger partial charge in [0.2, 0.25) is 0 Å². The van der Waals surface area contributed by atoms with Crippen LogP contribution in [0.3, 0.4) is 0 Å². The van der Waals surface area contributed by atoms with Gasteiger partial charge in [-0.05, 0) is 102 Å². The Bertz CT molecular complexity index is 2850. The molecule has 0 aliphatic heterocycles. The molecule has 0 amide bonds. The van der Waals surface area contributed by atoms with Crippen LogP contribution >= 0.6 is 23.8 Å². The van der Waals surface area contributed by atoms with Crippen molar-refractivity contribution in [2.75, 3.05) is 0 Å². The largest absolute Gasteiger partial charge is 0.0622 e. The summed E-state index contributed by atoms with van der Waals surface area (Å²) in [6.45, 7) is 0. The van der Waals surface area contributed by atoms with E-state index in [0.29, 0.717) is 0 Å². The van der Waals surface area contributed by atoms with E-state index in [1.807, 2.05) is 0 Å². The fourth-order valence-electron chi connectivity index (χ4n) is 9.16. The molecule has 0 N–H and O–H groups in total. The van der Waals surface area contributed by atoms with Crippen LogP contribution in [-0.2, 0) is 0 Å². The van der Waals surface area contributed by atoms with Gasteiger partial charge < -0.3 is 0 Å². The minimum atomic E-state index is -0.861. The maximum atomic E-state index is 3.77. The summed E-state index contributed by atoms with van der Waals surface area (Å²) in [6.07, 6.45) is 0.